The van der Waals surface area contributed by atoms with E-state index in [1.54, 1.807) is 0 Å². The maximum Gasteiger partial charge on any atom is 0.335 e. The van der Waals surface area contributed by atoms with Crippen LogP contribution in [0.1, 0.15) is 0 Å². The highest BCUT2D eigenvalue weighted by atomic mass is 16.4. The lowest BCUT2D eigenvalue weighted by Gasteiger charge is -2.26. The minimum atomic E-state index is -2.29. The molecule has 0 aromatic rings. The molecule has 15 heavy (non-hydrogen) atoms. The van der Waals surface area contributed by atoms with Crippen LogP contribution in [0.2, 0.25) is 0 Å². The summed E-state index contributed by atoms with van der Waals surface area (Å²) < 4.78 is 0. The number of hydrogen-bond donors (Lipinski definition) is 7. The molecule has 0 aromatic heterocycles. The highest BCUT2D eigenvalue weighted by Crippen LogP contribution is 2.08. The molecular formula is C7H14O8. The van der Waals surface area contributed by atoms with Gasteiger partial charge in [-0.25, -0.2) is 4.79 Å². The topological polar surface area (TPSA) is 159 Å². The predicted octanol–water partition coefficient (Wildman–Crippen LogP) is -4.13. The van der Waals surface area contributed by atoms with Crippen molar-refractivity contribution in [2.24, 2.45) is 0 Å². The van der Waals surface area contributed by atoms with Crippen molar-refractivity contribution in [2.75, 3.05) is 6.61 Å². The third-order valence-electron chi connectivity index (χ3n) is 1.86. The lowest BCUT2D eigenvalue weighted by molar-refractivity contribution is -0.169. The number of carboxylic acids is 1. The maximum absolute atomic E-state index is 10.2. The number of aliphatic hydroxyl groups is 6. The Morgan fingerprint density at radius 3 is 1.73 bits per heavy atom. The van der Waals surface area contributed by atoms with Gasteiger partial charge >= 0.3 is 5.97 Å². The van der Waals surface area contributed by atoms with Crippen LogP contribution in [0.25, 0.3) is 0 Å². The van der Waals surface area contributed by atoms with Gasteiger partial charge in [-0.15, -0.1) is 0 Å². The largest absolute Gasteiger partial charge is 0.479 e. The van der Waals surface area contributed by atoms with Gasteiger partial charge in [-0.05, 0) is 0 Å². The van der Waals surface area contributed by atoms with Gasteiger partial charge < -0.3 is 35.7 Å². The third-order valence-corrected chi connectivity index (χ3v) is 1.86. The standard InChI is InChI=1S/C7H14O8/c8-1-2(9)3(10)4(11)5(12)6(13)7(14)15/h2-6,8-13H,1H2,(H,14,15)/t2-,3+,4-,5-,6-/m0/s1. The van der Waals surface area contributed by atoms with Crippen molar-refractivity contribution in [1.29, 1.82) is 0 Å². The van der Waals surface area contributed by atoms with Crippen molar-refractivity contribution >= 4 is 5.97 Å². The fourth-order valence-electron chi connectivity index (χ4n) is 0.870. The van der Waals surface area contributed by atoms with Crippen LogP contribution in [-0.2, 0) is 4.79 Å². The van der Waals surface area contributed by atoms with Gasteiger partial charge in [0.25, 0.3) is 0 Å². The van der Waals surface area contributed by atoms with Gasteiger partial charge in [0, 0.05) is 0 Å². The Morgan fingerprint density at radius 2 is 1.40 bits per heavy atom. The second-order valence-corrected chi connectivity index (χ2v) is 3.00. The lowest BCUT2D eigenvalue weighted by Crippen LogP contribution is -2.51. The highest BCUT2D eigenvalue weighted by molar-refractivity contribution is 5.72. The van der Waals surface area contributed by atoms with E-state index in [2.05, 4.69) is 0 Å². The summed E-state index contributed by atoms with van der Waals surface area (Å²) in [6, 6.07) is 0. The summed E-state index contributed by atoms with van der Waals surface area (Å²) in [6.07, 6.45) is -10.2. The number of aliphatic hydroxyl groups excluding tert-OH is 6. The van der Waals surface area contributed by atoms with E-state index in [9.17, 15) is 4.79 Å². The summed E-state index contributed by atoms with van der Waals surface area (Å²) >= 11 is 0. The molecule has 8 heteroatoms. The monoisotopic (exact) mass is 226 g/mol. The zero-order valence-corrected chi connectivity index (χ0v) is 7.63. The zero-order valence-electron chi connectivity index (χ0n) is 7.63. The molecule has 0 aliphatic heterocycles. The summed E-state index contributed by atoms with van der Waals surface area (Å²) in [5.41, 5.74) is 0. The van der Waals surface area contributed by atoms with Crippen LogP contribution >= 0.6 is 0 Å². The summed E-state index contributed by atoms with van der Waals surface area (Å²) in [7, 11) is 0. The minimum absolute atomic E-state index is 0.881. The van der Waals surface area contributed by atoms with Crippen molar-refractivity contribution in [3.8, 4) is 0 Å². The second kappa shape index (κ2) is 5.95. The van der Waals surface area contributed by atoms with Crippen LogP contribution < -0.4 is 0 Å². The van der Waals surface area contributed by atoms with Crippen LogP contribution in [0.5, 0.6) is 0 Å². The van der Waals surface area contributed by atoms with Crippen molar-refractivity contribution in [2.45, 2.75) is 30.5 Å². The average molecular weight is 226 g/mol. The molecule has 7 N–H and O–H groups in total. The van der Waals surface area contributed by atoms with E-state index < -0.39 is 43.1 Å². The van der Waals surface area contributed by atoms with E-state index in [1.165, 1.54) is 0 Å². The molecule has 0 saturated heterocycles. The van der Waals surface area contributed by atoms with E-state index in [0.717, 1.165) is 0 Å². The Balaban J connectivity index is 4.42. The van der Waals surface area contributed by atoms with Crippen molar-refractivity contribution in [3.05, 3.63) is 0 Å². The Labute approximate surface area is 84.7 Å². The molecule has 0 unspecified atom stereocenters. The molecule has 8 nitrogen and oxygen atoms in total. The van der Waals surface area contributed by atoms with Gasteiger partial charge in [0.15, 0.2) is 6.10 Å². The maximum atomic E-state index is 10.2. The van der Waals surface area contributed by atoms with Crippen LogP contribution in [0.15, 0.2) is 0 Å². The molecule has 0 aromatic carbocycles. The molecule has 0 amide bonds. The lowest BCUT2D eigenvalue weighted by atomic mass is 9.99. The summed E-state index contributed by atoms with van der Waals surface area (Å²) in [4.78, 5) is 10.2. The van der Waals surface area contributed by atoms with Crippen LogP contribution in [0.4, 0.5) is 0 Å². The number of hydrogen-bond acceptors (Lipinski definition) is 7. The van der Waals surface area contributed by atoms with Gasteiger partial charge in [-0.2, -0.15) is 0 Å². The zero-order chi connectivity index (χ0) is 12.2. The molecule has 90 valence electrons. The van der Waals surface area contributed by atoms with Crippen molar-refractivity contribution in [3.63, 3.8) is 0 Å². The molecule has 0 bridgehead atoms. The first kappa shape index (κ1) is 14.2. The smallest absolute Gasteiger partial charge is 0.335 e. The Hall–Kier alpha value is -0.770. The number of aliphatic carboxylic acids is 1. The Bertz CT molecular complexity index is 207. The molecule has 0 rings (SSSR count). The van der Waals surface area contributed by atoms with Crippen LogP contribution in [-0.4, -0.2) is 78.8 Å². The molecule has 0 heterocycles. The Morgan fingerprint density at radius 1 is 0.933 bits per heavy atom. The highest BCUT2D eigenvalue weighted by Gasteiger charge is 2.36. The summed E-state index contributed by atoms with van der Waals surface area (Å²) in [5, 5.41) is 61.5. The van der Waals surface area contributed by atoms with E-state index >= 15 is 0 Å². The van der Waals surface area contributed by atoms with Gasteiger partial charge in [0.05, 0.1) is 6.61 Å². The molecule has 5 atom stereocenters. The van der Waals surface area contributed by atoms with Gasteiger partial charge in [0.1, 0.15) is 24.4 Å². The van der Waals surface area contributed by atoms with Gasteiger partial charge in [-0.3, -0.25) is 0 Å². The molecule has 0 spiro atoms. The van der Waals surface area contributed by atoms with E-state index in [-0.39, 0.29) is 0 Å². The van der Waals surface area contributed by atoms with E-state index in [1.807, 2.05) is 0 Å². The van der Waals surface area contributed by atoms with Gasteiger partial charge in [0.2, 0.25) is 0 Å². The quantitative estimate of drug-likeness (QED) is 0.240. The minimum Gasteiger partial charge on any atom is -0.479 e. The average Bonchev–Trinajstić information content (AvgIpc) is 2.23. The Kier molecular flexibility index (Phi) is 5.65. The first-order chi connectivity index (χ1) is 6.82. The van der Waals surface area contributed by atoms with Crippen LogP contribution in [0, 0.1) is 0 Å². The molecule has 0 aliphatic carbocycles. The molecule has 0 radical (unpaired) electrons. The summed E-state index contributed by atoms with van der Waals surface area (Å²) in [5.74, 6) is -1.78. The molecular weight excluding hydrogens is 212 g/mol. The first-order valence-electron chi connectivity index (χ1n) is 4.07. The molecule has 0 aliphatic rings. The van der Waals surface area contributed by atoms with Gasteiger partial charge in [-0.1, -0.05) is 0 Å². The first-order valence-corrected chi connectivity index (χ1v) is 4.07. The number of carbonyl (C=O) groups is 1. The SMILES string of the molecule is O=C(O)[C@@H](O)[C@@H](O)[C@@H](O)[C@H](O)[C@@H](O)CO. The second-order valence-electron chi connectivity index (χ2n) is 3.00. The number of carboxylic acid groups (broad SMARTS) is 1. The fourth-order valence-corrected chi connectivity index (χ4v) is 0.870. The summed E-state index contributed by atoms with van der Waals surface area (Å²) in [6.45, 7) is -0.881. The predicted molar refractivity (Wildman–Crippen MR) is 44.8 cm³/mol. The number of rotatable bonds is 6. The third kappa shape index (κ3) is 3.70. The van der Waals surface area contributed by atoms with E-state index in [4.69, 9.17) is 35.7 Å². The molecule has 0 fully saturated rings. The van der Waals surface area contributed by atoms with Crippen LogP contribution in [0.3, 0.4) is 0 Å². The van der Waals surface area contributed by atoms with Crippen molar-refractivity contribution in [1.82, 2.24) is 0 Å². The molecule has 0 saturated carbocycles. The van der Waals surface area contributed by atoms with E-state index in [0.29, 0.717) is 0 Å². The van der Waals surface area contributed by atoms with Crippen molar-refractivity contribution < 1.29 is 40.5 Å². The normalized spacial score (nSPS) is 21.5. The fraction of sp³-hybridized carbons (Fsp3) is 0.857.